The van der Waals surface area contributed by atoms with Crippen molar-refractivity contribution in [1.29, 1.82) is 0 Å². The summed E-state index contributed by atoms with van der Waals surface area (Å²) in [5, 5.41) is 0. The molecule has 1 nitrogen and oxygen atoms in total. The van der Waals surface area contributed by atoms with E-state index in [0.29, 0.717) is 11.8 Å². The molecule has 0 atom stereocenters. The van der Waals surface area contributed by atoms with Gasteiger partial charge >= 0.3 is 0 Å². The van der Waals surface area contributed by atoms with Crippen LogP contribution in [-0.2, 0) is 4.74 Å². The van der Waals surface area contributed by atoms with Crippen molar-refractivity contribution in [2.75, 3.05) is 13.2 Å². The van der Waals surface area contributed by atoms with Crippen molar-refractivity contribution < 1.29 is 4.74 Å². The zero-order chi connectivity index (χ0) is 10.1. The molecule has 0 bridgehead atoms. The average molecular weight is 190 g/mol. The Kier molecular flexibility index (Phi) is 2.60. The number of rotatable bonds is 2. The monoisotopic (exact) mass is 190 g/mol. The molecule has 1 aromatic rings. The highest BCUT2D eigenvalue weighted by Gasteiger charge is 2.21. The Morgan fingerprint density at radius 3 is 2.43 bits per heavy atom. The molecule has 1 aliphatic rings. The fourth-order valence-electron chi connectivity index (χ4n) is 1.93. The first-order valence-corrected chi connectivity index (χ1v) is 5.36. The summed E-state index contributed by atoms with van der Waals surface area (Å²) in [6.45, 7) is 8.49. The second-order valence-electron chi connectivity index (χ2n) is 4.51. The molecule has 1 fully saturated rings. The molecular formula is C13H18O. The molecule has 0 spiro atoms. The van der Waals surface area contributed by atoms with E-state index in [1.54, 1.807) is 0 Å². The third-order valence-corrected chi connectivity index (χ3v) is 3.04. The number of hydrogen-bond donors (Lipinski definition) is 0. The molecule has 0 aliphatic carbocycles. The maximum absolute atomic E-state index is 5.22. The molecule has 0 N–H and O–H groups in total. The first kappa shape index (κ1) is 9.72. The van der Waals surface area contributed by atoms with Crippen LogP contribution in [0.3, 0.4) is 0 Å². The van der Waals surface area contributed by atoms with Crippen LogP contribution < -0.4 is 0 Å². The fraction of sp³-hybridized carbons (Fsp3) is 0.538. The summed E-state index contributed by atoms with van der Waals surface area (Å²) in [7, 11) is 0. The van der Waals surface area contributed by atoms with E-state index < -0.39 is 0 Å². The van der Waals surface area contributed by atoms with Gasteiger partial charge in [0.1, 0.15) is 0 Å². The standard InChI is InChI=1S/C13H18O/c1-9(2)11-4-5-13(10(3)6-11)12-7-14-8-12/h4-6,9,12H,7-8H2,1-3H3. The molecule has 1 heteroatoms. The summed E-state index contributed by atoms with van der Waals surface area (Å²) >= 11 is 0. The van der Waals surface area contributed by atoms with Crippen LogP contribution in [0.1, 0.15) is 42.4 Å². The Bertz CT molecular complexity index is 324. The van der Waals surface area contributed by atoms with E-state index in [4.69, 9.17) is 4.74 Å². The van der Waals surface area contributed by atoms with Gasteiger partial charge in [-0.25, -0.2) is 0 Å². The quantitative estimate of drug-likeness (QED) is 0.695. The van der Waals surface area contributed by atoms with E-state index in [9.17, 15) is 0 Å². The minimum absolute atomic E-state index is 0.625. The van der Waals surface area contributed by atoms with Gasteiger partial charge in [-0.05, 0) is 29.5 Å². The van der Waals surface area contributed by atoms with Gasteiger partial charge < -0.3 is 4.74 Å². The van der Waals surface area contributed by atoms with Crippen LogP contribution in [-0.4, -0.2) is 13.2 Å². The van der Waals surface area contributed by atoms with E-state index in [-0.39, 0.29) is 0 Å². The van der Waals surface area contributed by atoms with Gasteiger partial charge in [0, 0.05) is 5.92 Å². The maximum Gasteiger partial charge on any atom is 0.0557 e. The van der Waals surface area contributed by atoms with E-state index in [1.807, 2.05) is 0 Å². The molecule has 0 unspecified atom stereocenters. The lowest BCUT2D eigenvalue weighted by Gasteiger charge is -2.28. The predicted octanol–water partition coefficient (Wildman–Crippen LogP) is 3.23. The third-order valence-electron chi connectivity index (χ3n) is 3.04. The molecule has 0 amide bonds. The van der Waals surface area contributed by atoms with Crippen molar-refractivity contribution in [1.82, 2.24) is 0 Å². The second-order valence-corrected chi connectivity index (χ2v) is 4.51. The Balaban J connectivity index is 2.26. The number of ether oxygens (including phenoxy) is 1. The van der Waals surface area contributed by atoms with E-state index in [2.05, 4.69) is 39.0 Å². The van der Waals surface area contributed by atoms with Gasteiger partial charge in [0.2, 0.25) is 0 Å². The molecule has 1 heterocycles. The van der Waals surface area contributed by atoms with Gasteiger partial charge in [0.25, 0.3) is 0 Å². The SMILES string of the molecule is Cc1cc(C(C)C)ccc1C1COC1. The van der Waals surface area contributed by atoms with Crippen LogP contribution in [0.2, 0.25) is 0 Å². The zero-order valence-electron chi connectivity index (χ0n) is 9.21. The second kappa shape index (κ2) is 3.74. The summed E-state index contributed by atoms with van der Waals surface area (Å²) in [5.41, 5.74) is 4.33. The van der Waals surface area contributed by atoms with Crippen LogP contribution >= 0.6 is 0 Å². The van der Waals surface area contributed by atoms with Crippen molar-refractivity contribution in [3.8, 4) is 0 Å². The minimum Gasteiger partial charge on any atom is -0.380 e. The van der Waals surface area contributed by atoms with Crippen LogP contribution in [0.25, 0.3) is 0 Å². The van der Waals surface area contributed by atoms with E-state index in [0.717, 1.165) is 13.2 Å². The molecule has 0 aromatic heterocycles. The summed E-state index contributed by atoms with van der Waals surface area (Å²) in [6.07, 6.45) is 0. The molecule has 2 rings (SSSR count). The Morgan fingerprint density at radius 1 is 1.29 bits per heavy atom. The number of aryl methyl sites for hydroxylation is 1. The zero-order valence-corrected chi connectivity index (χ0v) is 9.21. The Labute approximate surface area is 86.1 Å². The molecule has 0 saturated carbocycles. The first-order chi connectivity index (χ1) is 6.68. The smallest absolute Gasteiger partial charge is 0.0557 e. The van der Waals surface area contributed by atoms with Crippen LogP contribution in [0.15, 0.2) is 18.2 Å². The van der Waals surface area contributed by atoms with Crippen molar-refractivity contribution in [2.24, 2.45) is 0 Å². The summed E-state index contributed by atoms with van der Waals surface area (Å²) in [4.78, 5) is 0. The van der Waals surface area contributed by atoms with Gasteiger partial charge in [-0.15, -0.1) is 0 Å². The lowest BCUT2D eigenvalue weighted by Crippen LogP contribution is -2.25. The van der Waals surface area contributed by atoms with Crippen molar-refractivity contribution >= 4 is 0 Å². The maximum atomic E-state index is 5.22. The first-order valence-electron chi connectivity index (χ1n) is 5.36. The van der Waals surface area contributed by atoms with Crippen molar-refractivity contribution in [3.63, 3.8) is 0 Å². The lowest BCUT2D eigenvalue weighted by atomic mass is 9.90. The summed E-state index contributed by atoms with van der Waals surface area (Å²) in [5.74, 6) is 1.27. The summed E-state index contributed by atoms with van der Waals surface area (Å²) in [6, 6.07) is 6.85. The average Bonchev–Trinajstić information content (AvgIpc) is 2.04. The minimum atomic E-state index is 0.625. The highest BCUT2D eigenvalue weighted by molar-refractivity contribution is 5.35. The van der Waals surface area contributed by atoms with Crippen LogP contribution in [0.5, 0.6) is 0 Å². The number of benzene rings is 1. The predicted molar refractivity (Wildman–Crippen MR) is 58.8 cm³/mol. The lowest BCUT2D eigenvalue weighted by molar-refractivity contribution is 0.00816. The molecule has 76 valence electrons. The van der Waals surface area contributed by atoms with Gasteiger partial charge in [0.05, 0.1) is 13.2 Å². The van der Waals surface area contributed by atoms with Crippen molar-refractivity contribution in [3.05, 3.63) is 34.9 Å². The van der Waals surface area contributed by atoms with Crippen molar-refractivity contribution in [2.45, 2.75) is 32.6 Å². The number of hydrogen-bond acceptors (Lipinski definition) is 1. The van der Waals surface area contributed by atoms with E-state index >= 15 is 0 Å². The Morgan fingerprint density at radius 2 is 2.00 bits per heavy atom. The third kappa shape index (κ3) is 1.69. The highest BCUT2D eigenvalue weighted by atomic mass is 16.5. The molecule has 1 aromatic carbocycles. The molecule has 0 radical (unpaired) electrons. The van der Waals surface area contributed by atoms with Gasteiger partial charge in [0.15, 0.2) is 0 Å². The Hall–Kier alpha value is -0.820. The summed E-state index contributed by atoms with van der Waals surface area (Å²) < 4.78 is 5.22. The highest BCUT2D eigenvalue weighted by Crippen LogP contribution is 2.28. The van der Waals surface area contributed by atoms with Crippen LogP contribution in [0, 0.1) is 6.92 Å². The van der Waals surface area contributed by atoms with Gasteiger partial charge in [-0.1, -0.05) is 32.0 Å². The molecule has 1 saturated heterocycles. The van der Waals surface area contributed by atoms with Gasteiger partial charge in [-0.3, -0.25) is 0 Å². The normalized spacial score (nSPS) is 17.1. The molecule has 14 heavy (non-hydrogen) atoms. The van der Waals surface area contributed by atoms with Crippen LogP contribution in [0.4, 0.5) is 0 Å². The van der Waals surface area contributed by atoms with Gasteiger partial charge in [-0.2, -0.15) is 0 Å². The fourth-order valence-corrected chi connectivity index (χ4v) is 1.93. The van der Waals surface area contributed by atoms with E-state index in [1.165, 1.54) is 16.7 Å². The molecular weight excluding hydrogens is 172 g/mol. The molecule has 1 aliphatic heterocycles. The topological polar surface area (TPSA) is 9.23 Å². The largest absolute Gasteiger partial charge is 0.380 e.